The van der Waals surface area contributed by atoms with E-state index in [0.29, 0.717) is 6.42 Å². The first-order chi connectivity index (χ1) is 8.70. The van der Waals surface area contributed by atoms with Gasteiger partial charge in [-0.1, -0.05) is 23.7 Å². The summed E-state index contributed by atoms with van der Waals surface area (Å²) in [6, 6.07) is 5.89. The van der Waals surface area contributed by atoms with Gasteiger partial charge in [-0.3, -0.25) is 21.2 Å². The average Bonchev–Trinajstić information content (AvgIpc) is 2.39. The van der Waals surface area contributed by atoms with Crippen molar-refractivity contribution >= 4 is 11.6 Å². The molecule has 0 saturated heterocycles. The molecule has 1 unspecified atom stereocenters. The van der Waals surface area contributed by atoms with Crippen LogP contribution < -0.4 is 11.3 Å². The monoisotopic (exact) mass is 262 g/mol. The predicted molar refractivity (Wildman–Crippen MR) is 72.0 cm³/mol. The van der Waals surface area contributed by atoms with E-state index in [9.17, 15) is 0 Å². The molecule has 0 aliphatic heterocycles. The molecule has 0 spiro atoms. The molecule has 0 radical (unpaired) electrons. The molecule has 0 aliphatic rings. The van der Waals surface area contributed by atoms with Crippen molar-refractivity contribution in [2.45, 2.75) is 19.4 Å². The Hall–Kier alpha value is -1.49. The fourth-order valence-electron chi connectivity index (χ4n) is 1.78. The molecule has 1 atom stereocenters. The minimum Gasteiger partial charge on any atom is -0.271 e. The van der Waals surface area contributed by atoms with Crippen LogP contribution in [0.3, 0.4) is 0 Å². The van der Waals surface area contributed by atoms with Crippen molar-refractivity contribution in [2.75, 3.05) is 0 Å². The van der Waals surface area contributed by atoms with Crippen LogP contribution in [0.25, 0.3) is 0 Å². The lowest BCUT2D eigenvalue weighted by atomic mass is 10.0. The molecule has 1 aromatic heterocycles. The number of hydrogen-bond acceptors (Lipinski definition) is 4. The molecular weight excluding hydrogens is 248 g/mol. The lowest BCUT2D eigenvalue weighted by Crippen LogP contribution is -2.30. The molecule has 2 aromatic rings. The van der Waals surface area contributed by atoms with Crippen LogP contribution in [0.15, 0.2) is 36.8 Å². The highest BCUT2D eigenvalue weighted by atomic mass is 35.5. The Morgan fingerprint density at radius 3 is 2.83 bits per heavy atom. The van der Waals surface area contributed by atoms with E-state index < -0.39 is 0 Å². The van der Waals surface area contributed by atoms with Gasteiger partial charge in [0, 0.05) is 17.4 Å². The number of nitrogens with zero attached hydrogens (tertiary/aromatic N) is 2. The minimum atomic E-state index is -0.0982. The minimum absolute atomic E-state index is 0.0982. The molecule has 0 fully saturated rings. The fraction of sp³-hybridized carbons (Fsp3) is 0.231. The summed E-state index contributed by atoms with van der Waals surface area (Å²) in [5.41, 5.74) is 5.73. The Balaban J connectivity index is 2.21. The highest BCUT2D eigenvalue weighted by Gasteiger charge is 2.13. The topological polar surface area (TPSA) is 63.8 Å². The summed E-state index contributed by atoms with van der Waals surface area (Å²) >= 11 is 6.21. The maximum Gasteiger partial charge on any atom is 0.0772 e. The zero-order valence-electron chi connectivity index (χ0n) is 10.1. The zero-order chi connectivity index (χ0) is 13.0. The number of aromatic nitrogens is 2. The van der Waals surface area contributed by atoms with Gasteiger partial charge in [0.25, 0.3) is 0 Å². The van der Waals surface area contributed by atoms with Gasteiger partial charge in [-0.2, -0.15) is 0 Å². The molecule has 4 nitrogen and oxygen atoms in total. The van der Waals surface area contributed by atoms with Gasteiger partial charge in [-0.25, -0.2) is 0 Å². The van der Waals surface area contributed by atoms with Crippen molar-refractivity contribution in [3.8, 4) is 0 Å². The molecule has 0 bridgehead atoms. The number of hydrogen-bond donors (Lipinski definition) is 2. The lowest BCUT2D eigenvalue weighted by molar-refractivity contribution is 0.536. The smallest absolute Gasteiger partial charge is 0.0772 e. The van der Waals surface area contributed by atoms with E-state index in [-0.39, 0.29) is 6.04 Å². The Kier molecular flexibility index (Phi) is 4.25. The van der Waals surface area contributed by atoms with E-state index in [0.717, 1.165) is 21.8 Å². The SMILES string of the molecule is Cc1ccc(CC(NN)c2cnccn2)c(Cl)c1. The first-order valence-corrected chi connectivity index (χ1v) is 6.05. The first kappa shape index (κ1) is 13.0. The predicted octanol–water partition coefficient (Wildman–Crippen LogP) is 2.19. The molecule has 2 rings (SSSR count). The molecule has 18 heavy (non-hydrogen) atoms. The van der Waals surface area contributed by atoms with Crippen LogP contribution in [-0.4, -0.2) is 9.97 Å². The van der Waals surface area contributed by atoms with Crippen molar-refractivity contribution < 1.29 is 0 Å². The number of nitrogens with one attached hydrogen (secondary N) is 1. The number of hydrazine groups is 1. The van der Waals surface area contributed by atoms with Gasteiger partial charge >= 0.3 is 0 Å². The van der Waals surface area contributed by atoms with Gasteiger partial charge in [-0.05, 0) is 30.5 Å². The van der Waals surface area contributed by atoms with Crippen molar-refractivity contribution in [3.05, 3.63) is 58.6 Å². The highest BCUT2D eigenvalue weighted by Crippen LogP contribution is 2.23. The van der Waals surface area contributed by atoms with Gasteiger partial charge < -0.3 is 0 Å². The zero-order valence-corrected chi connectivity index (χ0v) is 10.9. The number of benzene rings is 1. The maximum absolute atomic E-state index is 6.21. The number of rotatable bonds is 4. The molecule has 0 amide bonds. The van der Waals surface area contributed by atoms with Crippen LogP contribution in [0, 0.1) is 6.92 Å². The molecule has 94 valence electrons. The fourth-order valence-corrected chi connectivity index (χ4v) is 2.09. The van der Waals surface area contributed by atoms with E-state index in [1.807, 2.05) is 25.1 Å². The van der Waals surface area contributed by atoms with Crippen LogP contribution in [0.5, 0.6) is 0 Å². The Morgan fingerprint density at radius 1 is 1.39 bits per heavy atom. The van der Waals surface area contributed by atoms with Crippen molar-refractivity contribution in [2.24, 2.45) is 5.84 Å². The third kappa shape index (κ3) is 3.04. The second-order valence-corrected chi connectivity index (χ2v) is 4.56. The highest BCUT2D eigenvalue weighted by molar-refractivity contribution is 6.31. The third-order valence-electron chi connectivity index (χ3n) is 2.77. The molecular formula is C13H15ClN4. The van der Waals surface area contributed by atoms with E-state index >= 15 is 0 Å². The van der Waals surface area contributed by atoms with Gasteiger partial charge in [0.1, 0.15) is 0 Å². The molecule has 1 aromatic carbocycles. The summed E-state index contributed by atoms with van der Waals surface area (Å²) in [7, 11) is 0. The molecule has 0 saturated carbocycles. The van der Waals surface area contributed by atoms with Gasteiger partial charge in [-0.15, -0.1) is 0 Å². The van der Waals surface area contributed by atoms with Crippen LogP contribution in [0.1, 0.15) is 22.9 Å². The maximum atomic E-state index is 6.21. The van der Waals surface area contributed by atoms with Gasteiger partial charge in [0.2, 0.25) is 0 Å². The Labute approximate surface area is 111 Å². The van der Waals surface area contributed by atoms with Crippen LogP contribution in [-0.2, 0) is 6.42 Å². The summed E-state index contributed by atoms with van der Waals surface area (Å²) < 4.78 is 0. The van der Waals surface area contributed by atoms with Gasteiger partial charge in [0.15, 0.2) is 0 Å². The third-order valence-corrected chi connectivity index (χ3v) is 3.13. The van der Waals surface area contributed by atoms with E-state index in [4.69, 9.17) is 17.4 Å². The molecule has 3 N–H and O–H groups in total. The lowest BCUT2D eigenvalue weighted by Gasteiger charge is -2.15. The quantitative estimate of drug-likeness (QED) is 0.655. The summed E-state index contributed by atoms with van der Waals surface area (Å²) in [6.45, 7) is 2.01. The standard InChI is InChI=1S/C13H15ClN4/c1-9-2-3-10(11(14)6-9)7-12(18-15)13-8-16-4-5-17-13/h2-6,8,12,18H,7,15H2,1H3. The van der Waals surface area contributed by atoms with Crippen molar-refractivity contribution in [1.29, 1.82) is 0 Å². The number of nitrogens with two attached hydrogens (primary N) is 1. The Bertz CT molecular complexity index is 516. The normalized spacial score (nSPS) is 12.4. The van der Waals surface area contributed by atoms with E-state index in [1.54, 1.807) is 18.6 Å². The number of aryl methyl sites for hydroxylation is 1. The van der Waals surface area contributed by atoms with E-state index in [1.165, 1.54) is 0 Å². The Morgan fingerprint density at radius 2 is 2.22 bits per heavy atom. The summed E-state index contributed by atoms with van der Waals surface area (Å²) in [5.74, 6) is 5.57. The molecule has 0 aliphatic carbocycles. The van der Waals surface area contributed by atoms with Crippen LogP contribution >= 0.6 is 11.6 Å². The molecule has 5 heteroatoms. The molecule has 1 heterocycles. The second kappa shape index (κ2) is 5.91. The van der Waals surface area contributed by atoms with Crippen molar-refractivity contribution in [3.63, 3.8) is 0 Å². The number of halogens is 1. The summed E-state index contributed by atoms with van der Waals surface area (Å²) in [5, 5.41) is 0.749. The van der Waals surface area contributed by atoms with E-state index in [2.05, 4.69) is 15.4 Å². The average molecular weight is 263 g/mol. The largest absolute Gasteiger partial charge is 0.271 e. The van der Waals surface area contributed by atoms with Gasteiger partial charge in [0.05, 0.1) is 17.9 Å². The van der Waals surface area contributed by atoms with Crippen LogP contribution in [0.2, 0.25) is 5.02 Å². The summed E-state index contributed by atoms with van der Waals surface area (Å²) in [6.07, 6.45) is 5.66. The first-order valence-electron chi connectivity index (χ1n) is 5.68. The summed E-state index contributed by atoms with van der Waals surface area (Å²) in [4.78, 5) is 8.29. The van der Waals surface area contributed by atoms with Crippen LogP contribution in [0.4, 0.5) is 0 Å². The van der Waals surface area contributed by atoms with Crippen molar-refractivity contribution in [1.82, 2.24) is 15.4 Å². The second-order valence-electron chi connectivity index (χ2n) is 4.15.